The third-order valence-corrected chi connectivity index (χ3v) is 1.23. The van der Waals surface area contributed by atoms with Crippen molar-refractivity contribution in [3.05, 3.63) is 0 Å². The van der Waals surface area contributed by atoms with E-state index in [1.165, 1.54) is 16.4 Å². The minimum absolute atomic E-state index is 0.751. The van der Waals surface area contributed by atoms with Crippen molar-refractivity contribution < 1.29 is 5.21 Å². The number of hydrogen-bond donors (Lipinski definition) is 1. The summed E-state index contributed by atoms with van der Waals surface area (Å²) < 4.78 is 1.22. The Hall–Kier alpha value is 0.270. The first-order chi connectivity index (χ1) is 3.31. The predicted octanol–water partition coefficient (Wildman–Crippen LogP) is 1.37. The fraction of sp³-hybridized carbons (Fsp3) is 1.00. The fourth-order valence-corrected chi connectivity index (χ4v) is 0.648. The lowest BCUT2D eigenvalue weighted by Crippen LogP contribution is -2.09. The van der Waals surface area contributed by atoms with Crippen LogP contribution in [0.15, 0.2) is 0 Å². The molecule has 1 N–H and O–H groups in total. The molecule has 44 valence electrons. The largest absolute Gasteiger partial charge is 0.303 e. The summed E-state index contributed by atoms with van der Waals surface area (Å²) in [5.41, 5.74) is 0. The molecule has 0 atom stereocenters. The maximum absolute atomic E-state index is 8.65. The first-order valence-corrected chi connectivity index (χ1v) is 3.50. The molecule has 0 radical (unpaired) electrons. The zero-order chi connectivity index (χ0) is 5.70. The van der Waals surface area contributed by atoms with E-state index in [0.717, 1.165) is 13.0 Å². The van der Waals surface area contributed by atoms with Crippen LogP contribution in [0.25, 0.3) is 0 Å². The molecule has 0 rings (SSSR count). The smallest absolute Gasteiger partial charge is 0.0351 e. The van der Waals surface area contributed by atoms with Crippen molar-refractivity contribution in [1.82, 2.24) is 4.47 Å². The van der Waals surface area contributed by atoms with E-state index in [-0.39, 0.29) is 0 Å². The Kier molecular flexibility index (Phi) is 4.60. The minimum Gasteiger partial charge on any atom is -0.303 e. The van der Waals surface area contributed by atoms with Gasteiger partial charge in [-0.1, -0.05) is 18.9 Å². The van der Waals surface area contributed by atoms with Crippen molar-refractivity contribution in [3.63, 3.8) is 0 Å². The van der Waals surface area contributed by atoms with E-state index >= 15 is 0 Å². The number of rotatable bonds is 3. The molecular weight excluding hydrogens is 110 g/mol. The molecule has 2 nitrogen and oxygen atoms in total. The minimum atomic E-state index is 0.751. The zero-order valence-electron chi connectivity index (χ0n) is 4.72. The quantitative estimate of drug-likeness (QED) is 0.450. The maximum atomic E-state index is 8.65. The van der Waals surface area contributed by atoms with Gasteiger partial charge in [-0.25, -0.2) is 0 Å². The van der Waals surface area contributed by atoms with Crippen molar-refractivity contribution in [2.45, 2.75) is 13.3 Å². The molecule has 0 aromatic rings. The number of nitrogens with zero attached hydrogens (tertiary/aromatic N) is 1. The third-order valence-electron chi connectivity index (χ3n) is 0.626. The molecule has 0 amide bonds. The normalized spacial score (nSPS) is 10.3. The molecule has 0 aromatic carbocycles. The van der Waals surface area contributed by atoms with E-state index in [1.807, 2.05) is 13.2 Å². The molecule has 3 heteroatoms. The van der Waals surface area contributed by atoms with E-state index in [0.29, 0.717) is 0 Å². The number of hydroxylamine groups is 1. The molecule has 0 heterocycles. The monoisotopic (exact) mass is 121 g/mol. The summed E-state index contributed by atoms with van der Waals surface area (Å²) in [6, 6.07) is 0. The molecule has 0 aliphatic carbocycles. The summed E-state index contributed by atoms with van der Waals surface area (Å²) in [7, 11) is 0. The standard InChI is InChI=1S/C4H11NOS/c1-3-4-5(6)7-2/h6H,3-4H2,1-2H3. The molecule has 0 fully saturated rings. The third kappa shape index (κ3) is 4.12. The molecule has 0 aliphatic heterocycles. The maximum Gasteiger partial charge on any atom is 0.0351 e. The van der Waals surface area contributed by atoms with Crippen LogP contribution < -0.4 is 0 Å². The Morgan fingerprint density at radius 2 is 2.29 bits per heavy atom. The Morgan fingerprint density at radius 3 is 2.43 bits per heavy atom. The highest BCUT2D eigenvalue weighted by Crippen LogP contribution is 1.98. The van der Waals surface area contributed by atoms with Gasteiger partial charge in [0.15, 0.2) is 0 Å². The fourth-order valence-electron chi connectivity index (χ4n) is 0.283. The first-order valence-electron chi connectivity index (χ1n) is 2.31. The SMILES string of the molecule is CCCN(O)SC. The lowest BCUT2D eigenvalue weighted by molar-refractivity contribution is 0.0177. The van der Waals surface area contributed by atoms with Crippen LogP contribution in [-0.4, -0.2) is 22.5 Å². The van der Waals surface area contributed by atoms with Gasteiger partial charge in [0.05, 0.1) is 0 Å². The summed E-state index contributed by atoms with van der Waals surface area (Å²) in [5, 5.41) is 8.65. The molecule has 7 heavy (non-hydrogen) atoms. The van der Waals surface area contributed by atoms with Crippen molar-refractivity contribution >= 4 is 11.9 Å². The van der Waals surface area contributed by atoms with Gasteiger partial charge >= 0.3 is 0 Å². The second-order valence-corrected chi connectivity index (χ2v) is 2.04. The van der Waals surface area contributed by atoms with Crippen LogP contribution in [0.5, 0.6) is 0 Å². The van der Waals surface area contributed by atoms with Gasteiger partial charge < -0.3 is 5.21 Å². The van der Waals surface area contributed by atoms with Crippen LogP contribution in [0.1, 0.15) is 13.3 Å². The van der Waals surface area contributed by atoms with Gasteiger partial charge in [0.2, 0.25) is 0 Å². The van der Waals surface area contributed by atoms with Gasteiger partial charge in [-0.15, -0.1) is 4.47 Å². The predicted molar refractivity (Wildman–Crippen MR) is 32.3 cm³/mol. The lowest BCUT2D eigenvalue weighted by Gasteiger charge is -2.06. The van der Waals surface area contributed by atoms with E-state index in [2.05, 4.69) is 0 Å². The van der Waals surface area contributed by atoms with E-state index in [9.17, 15) is 0 Å². The van der Waals surface area contributed by atoms with Crippen LogP contribution in [0, 0.1) is 0 Å². The summed E-state index contributed by atoms with van der Waals surface area (Å²) in [5.74, 6) is 0. The highest BCUT2D eigenvalue weighted by Gasteiger charge is 1.90. The molecular formula is C4H11NOS. The Morgan fingerprint density at radius 1 is 1.71 bits per heavy atom. The van der Waals surface area contributed by atoms with Crippen LogP contribution in [0.3, 0.4) is 0 Å². The van der Waals surface area contributed by atoms with Crippen LogP contribution >= 0.6 is 11.9 Å². The van der Waals surface area contributed by atoms with Crippen LogP contribution in [0.4, 0.5) is 0 Å². The van der Waals surface area contributed by atoms with E-state index < -0.39 is 0 Å². The van der Waals surface area contributed by atoms with Gasteiger partial charge in [-0.05, 0) is 12.7 Å². The van der Waals surface area contributed by atoms with E-state index in [4.69, 9.17) is 5.21 Å². The summed E-state index contributed by atoms with van der Waals surface area (Å²) in [6.45, 7) is 2.78. The molecule has 0 aromatic heterocycles. The summed E-state index contributed by atoms with van der Waals surface area (Å²) in [4.78, 5) is 0. The lowest BCUT2D eigenvalue weighted by atomic mass is 10.5. The van der Waals surface area contributed by atoms with Crippen molar-refractivity contribution in [3.8, 4) is 0 Å². The van der Waals surface area contributed by atoms with Crippen molar-refractivity contribution in [2.75, 3.05) is 12.8 Å². The molecule has 0 unspecified atom stereocenters. The Balaban J connectivity index is 2.83. The van der Waals surface area contributed by atoms with Gasteiger partial charge in [0, 0.05) is 6.54 Å². The van der Waals surface area contributed by atoms with Crippen molar-refractivity contribution in [2.24, 2.45) is 0 Å². The second-order valence-electron chi connectivity index (χ2n) is 1.26. The molecule has 0 bridgehead atoms. The second kappa shape index (κ2) is 4.43. The molecule has 0 saturated carbocycles. The Bertz CT molecular complexity index is 42.7. The zero-order valence-corrected chi connectivity index (χ0v) is 5.53. The van der Waals surface area contributed by atoms with Crippen molar-refractivity contribution in [1.29, 1.82) is 0 Å². The van der Waals surface area contributed by atoms with Gasteiger partial charge in [-0.3, -0.25) is 0 Å². The van der Waals surface area contributed by atoms with E-state index in [1.54, 1.807) is 0 Å². The Labute approximate surface area is 48.6 Å². The van der Waals surface area contributed by atoms with Gasteiger partial charge in [-0.2, -0.15) is 0 Å². The number of hydrogen-bond acceptors (Lipinski definition) is 3. The van der Waals surface area contributed by atoms with Crippen LogP contribution in [0.2, 0.25) is 0 Å². The highest BCUT2D eigenvalue weighted by molar-refractivity contribution is 7.96. The summed E-state index contributed by atoms with van der Waals surface area (Å²) in [6.07, 6.45) is 2.84. The molecule has 0 saturated heterocycles. The first kappa shape index (κ1) is 7.27. The molecule has 0 spiro atoms. The molecule has 0 aliphatic rings. The average molecular weight is 121 g/mol. The summed E-state index contributed by atoms with van der Waals surface area (Å²) >= 11 is 1.34. The average Bonchev–Trinajstić information content (AvgIpc) is 1.68. The van der Waals surface area contributed by atoms with Gasteiger partial charge in [0.25, 0.3) is 0 Å². The highest BCUT2D eigenvalue weighted by atomic mass is 32.2. The topological polar surface area (TPSA) is 23.5 Å². The van der Waals surface area contributed by atoms with Crippen LogP contribution in [-0.2, 0) is 0 Å². The van der Waals surface area contributed by atoms with Gasteiger partial charge in [0.1, 0.15) is 0 Å².